The molecule has 0 aliphatic carbocycles. The standard InChI is InChI=1S/C26H20N2O8/c29-24(16-34-20-10-7-19(8-11-20)28(32)33)35-21-9-6-18-14-22(26(31)36-23(18)15-21)25(30)27-13-12-17-4-2-1-3-5-17/h1-11,14-15H,12-13,16H2,(H,27,30). The van der Waals surface area contributed by atoms with Gasteiger partial charge in [0, 0.05) is 30.1 Å². The molecule has 1 aromatic heterocycles. The summed E-state index contributed by atoms with van der Waals surface area (Å²) in [5.41, 5.74) is 0.155. The number of nitrogens with zero attached hydrogens (tertiary/aromatic N) is 1. The van der Waals surface area contributed by atoms with Crippen LogP contribution in [-0.4, -0.2) is 30.0 Å². The van der Waals surface area contributed by atoms with Gasteiger partial charge in [0.2, 0.25) is 0 Å². The van der Waals surface area contributed by atoms with Gasteiger partial charge in [-0.2, -0.15) is 0 Å². The first-order chi connectivity index (χ1) is 17.4. The zero-order valence-electron chi connectivity index (χ0n) is 18.8. The summed E-state index contributed by atoms with van der Waals surface area (Å²) in [6, 6.07) is 20.7. The molecule has 0 radical (unpaired) electrons. The first-order valence-electron chi connectivity index (χ1n) is 10.9. The smallest absolute Gasteiger partial charge is 0.349 e. The molecular formula is C26H20N2O8. The number of fused-ring (bicyclic) bond motifs is 1. The van der Waals surface area contributed by atoms with Crippen LogP contribution in [0, 0.1) is 10.1 Å². The first kappa shape index (κ1) is 24.1. The second-order valence-electron chi connectivity index (χ2n) is 7.65. The van der Waals surface area contributed by atoms with Gasteiger partial charge in [0.15, 0.2) is 6.61 Å². The minimum absolute atomic E-state index is 0.101. The highest BCUT2D eigenvalue weighted by Gasteiger charge is 2.15. The number of amides is 1. The van der Waals surface area contributed by atoms with E-state index in [2.05, 4.69) is 5.32 Å². The zero-order valence-corrected chi connectivity index (χ0v) is 18.8. The number of esters is 1. The van der Waals surface area contributed by atoms with Crippen LogP contribution in [0.25, 0.3) is 11.0 Å². The second kappa shape index (κ2) is 11.0. The van der Waals surface area contributed by atoms with Crippen LogP contribution in [0.1, 0.15) is 15.9 Å². The van der Waals surface area contributed by atoms with Gasteiger partial charge in [0.25, 0.3) is 11.6 Å². The summed E-state index contributed by atoms with van der Waals surface area (Å²) in [6.45, 7) is -0.0843. The predicted molar refractivity (Wildman–Crippen MR) is 129 cm³/mol. The van der Waals surface area contributed by atoms with E-state index >= 15 is 0 Å². The lowest BCUT2D eigenvalue weighted by Crippen LogP contribution is -2.29. The van der Waals surface area contributed by atoms with Gasteiger partial charge in [0.1, 0.15) is 22.6 Å². The van der Waals surface area contributed by atoms with Crippen LogP contribution in [0.2, 0.25) is 0 Å². The summed E-state index contributed by atoms with van der Waals surface area (Å²) in [6.07, 6.45) is 0.619. The number of rotatable bonds is 9. The van der Waals surface area contributed by atoms with Gasteiger partial charge in [-0.25, -0.2) is 9.59 Å². The highest BCUT2D eigenvalue weighted by atomic mass is 16.6. The minimum Gasteiger partial charge on any atom is -0.482 e. The molecule has 0 saturated heterocycles. The number of nitro benzene ring substituents is 1. The SMILES string of the molecule is O=C(COc1ccc([N+](=O)[O-])cc1)Oc1ccc2cc(C(=O)NCCc3ccccc3)c(=O)oc2c1. The highest BCUT2D eigenvalue weighted by Crippen LogP contribution is 2.21. The Morgan fingerprint density at radius 2 is 1.67 bits per heavy atom. The molecule has 1 amide bonds. The maximum absolute atomic E-state index is 12.5. The molecule has 0 spiro atoms. The number of ether oxygens (including phenoxy) is 2. The van der Waals surface area contributed by atoms with E-state index in [0.717, 1.165) is 5.56 Å². The third-order valence-electron chi connectivity index (χ3n) is 5.13. The number of hydrogen-bond donors (Lipinski definition) is 1. The van der Waals surface area contributed by atoms with Crippen molar-refractivity contribution in [2.75, 3.05) is 13.2 Å². The van der Waals surface area contributed by atoms with E-state index in [-0.39, 0.29) is 28.3 Å². The lowest BCUT2D eigenvalue weighted by atomic mass is 10.1. The lowest BCUT2D eigenvalue weighted by Gasteiger charge is -2.08. The average molecular weight is 488 g/mol. The Kier molecular flexibility index (Phi) is 7.35. The predicted octanol–water partition coefficient (Wildman–Crippen LogP) is 3.66. The summed E-state index contributed by atoms with van der Waals surface area (Å²) in [7, 11) is 0. The maximum atomic E-state index is 12.5. The summed E-state index contributed by atoms with van der Waals surface area (Å²) >= 11 is 0. The number of hydrogen-bond acceptors (Lipinski definition) is 8. The van der Waals surface area contributed by atoms with Crippen LogP contribution in [0.4, 0.5) is 5.69 Å². The van der Waals surface area contributed by atoms with Crippen molar-refractivity contribution < 1.29 is 28.4 Å². The molecule has 1 heterocycles. The minimum atomic E-state index is -0.815. The molecule has 0 aliphatic heterocycles. The first-order valence-corrected chi connectivity index (χ1v) is 10.9. The number of nitrogens with one attached hydrogen (secondary N) is 1. The molecule has 36 heavy (non-hydrogen) atoms. The summed E-state index contributed by atoms with van der Waals surface area (Å²) < 4.78 is 15.7. The Balaban J connectivity index is 1.35. The van der Waals surface area contributed by atoms with Gasteiger partial charge in [-0.15, -0.1) is 0 Å². The van der Waals surface area contributed by atoms with E-state index in [1.54, 1.807) is 6.07 Å². The van der Waals surface area contributed by atoms with Crippen LogP contribution in [0.5, 0.6) is 11.5 Å². The normalized spacial score (nSPS) is 10.6. The lowest BCUT2D eigenvalue weighted by molar-refractivity contribution is -0.384. The molecule has 3 aromatic carbocycles. The molecular weight excluding hydrogens is 468 g/mol. The fourth-order valence-corrected chi connectivity index (χ4v) is 3.34. The number of benzene rings is 3. The molecule has 4 aromatic rings. The monoisotopic (exact) mass is 488 g/mol. The molecule has 0 unspecified atom stereocenters. The molecule has 0 bridgehead atoms. The van der Waals surface area contributed by atoms with E-state index in [4.69, 9.17) is 13.9 Å². The molecule has 182 valence electrons. The number of carbonyl (C=O) groups is 2. The Morgan fingerprint density at radius 3 is 2.39 bits per heavy atom. The van der Waals surface area contributed by atoms with E-state index in [1.807, 2.05) is 30.3 Å². The fraction of sp³-hybridized carbons (Fsp3) is 0.115. The number of nitro groups is 1. The second-order valence-corrected chi connectivity index (χ2v) is 7.65. The number of non-ortho nitro benzene ring substituents is 1. The van der Waals surface area contributed by atoms with Gasteiger partial charge in [-0.1, -0.05) is 30.3 Å². The number of carbonyl (C=O) groups excluding carboxylic acids is 2. The van der Waals surface area contributed by atoms with Crippen molar-refractivity contribution in [3.63, 3.8) is 0 Å². The Morgan fingerprint density at radius 1 is 0.944 bits per heavy atom. The Bertz CT molecular complexity index is 1460. The van der Waals surface area contributed by atoms with Gasteiger partial charge >= 0.3 is 11.6 Å². The maximum Gasteiger partial charge on any atom is 0.349 e. The van der Waals surface area contributed by atoms with Crippen LogP contribution >= 0.6 is 0 Å². The van der Waals surface area contributed by atoms with Crippen molar-refractivity contribution in [3.05, 3.63) is 111 Å². The summed E-state index contributed by atoms with van der Waals surface area (Å²) in [5, 5.41) is 13.9. The van der Waals surface area contributed by atoms with Crippen LogP contribution in [0.3, 0.4) is 0 Å². The molecule has 0 fully saturated rings. The van der Waals surface area contributed by atoms with Crippen LogP contribution < -0.4 is 20.4 Å². The van der Waals surface area contributed by atoms with Crippen LogP contribution in [-0.2, 0) is 11.2 Å². The molecule has 4 rings (SSSR count). The summed E-state index contributed by atoms with van der Waals surface area (Å²) in [5.74, 6) is -0.899. The van der Waals surface area contributed by atoms with Crippen molar-refractivity contribution in [2.24, 2.45) is 0 Å². The van der Waals surface area contributed by atoms with Crippen molar-refractivity contribution in [1.29, 1.82) is 0 Å². The zero-order chi connectivity index (χ0) is 25.5. The molecule has 0 aliphatic rings. The fourth-order valence-electron chi connectivity index (χ4n) is 3.34. The third-order valence-corrected chi connectivity index (χ3v) is 5.13. The van der Waals surface area contributed by atoms with Crippen molar-refractivity contribution >= 4 is 28.5 Å². The van der Waals surface area contributed by atoms with Crippen LogP contribution in [0.15, 0.2) is 88.1 Å². The van der Waals surface area contributed by atoms with Gasteiger partial charge in [-0.3, -0.25) is 14.9 Å². The Hall–Kier alpha value is -4.99. The van der Waals surface area contributed by atoms with E-state index in [0.29, 0.717) is 18.4 Å². The molecule has 10 heteroatoms. The summed E-state index contributed by atoms with van der Waals surface area (Å²) in [4.78, 5) is 47.1. The Labute approximate surface area is 204 Å². The van der Waals surface area contributed by atoms with Crippen molar-refractivity contribution in [1.82, 2.24) is 5.32 Å². The highest BCUT2D eigenvalue weighted by molar-refractivity contribution is 5.96. The molecule has 1 N–H and O–H groups in total. The van der Waals surface area contributed by atoms with Crippen molar-refractivity contribution in [3.8, 4) is 11.5 Å². The van der Waals surface area contributed by atoms with Gasteiger partial charge in [0.05, 0.1) is 4.92 Å². The topological polar surface area (TPSA) is 138 Å². The quantitative estimate of drug-likeness (QED) is 0.124. The molecule has 0 atom stereocenters. The molecule has 0 saturated carbocycles. The van der Waals surface area contributed by atoms with Gasteiger partial charge < -0.3 is 19.2 Å². The molecule has 10 nitrogen and oxygen atoms in total. The van der Waals surface area contributed by atoms with Gasteiger partial charge in [-0.05, 0) is 42.3 Å². The van der Waals surface area contributed by atoms with E-state index in [9.17, 15) is 24.5 Å². The average Bonchev–Trinajstić information content (AvgIpc) is 2.88. The largest absolute Gasteiger partial charge is 0.482 e. The van der Waals surface area contributed by atoms with E-state index < -0.39 is 29.0 Å². The van der Waals surface area contributed by atoms with E-state index in [1.165, 1.54) is 42.5 Å². The third kappa shape index (κ3) is 6.11. The van der Waals surface area contributed by atoms with Crippen molar-refractivity contribution in [2.45, 2.75) is 6.42 Å².